The zero-order chi connectivity index (χ0) is 27.4. The molecule has 7 nitrogen and oxygen atoms in total. The number of rotatable bonds is 7. The highest BCUT2D eigenvalue weighted by Crippen LogP contribution is 2.35. The van der Waals surface area contributed by atoms with Crippen molar-refractivity contribution >= 4 is 22.6 Å². The number of methoxy groups -OCH3 is 1. The molecule has 0 aliphatic heterocycles. The summed E-state index contributed by atoms with van der Waals surface area (Å²) in [6.45, 7) is 3.74. The van der Waals surface area contributed by atoms with Gasteiger partial charge in [-0.05, 0) is 49.7 Å². The highest BCUT2D eigenvalue weighted by Gasteiger charge is 2.34. The van der Waals surface area contributed by atoms with Crippen molar-refractivity contribution in [2.45, 2.75) is 32.5 Å². The van der Waals surface area contributed by atoms with E-state index >= 15 is 0 Å². The van der Waals surface area contributed by atoms with Crippen molar-refractivity contribution in [1.82, 2.24) is 14.5 Å². The second kappa shape index (κ2) is 11.0. The monoisotopic (exact) mass is 524 g/mol. The number of amides is 2. The molecule has 0 spiro atoms. The molecule has 0 radical (unpaired) electrons. The van der Waals surface area contributed by atoms with E-state index in [4.69, 9.17) is 9.72 Å². The number of carbonyl (C=O) groups excluding carboxylic acids is 1. The molecule has 2 amide bonds. The maximum Gasteiger partial charge on any atom is 0.418 e. The molecule has 3 aromatic carbocycles. The predicted octanol–water partition coefficient (Wildman–Crippen LogP) is 6.42. The standard InChI is InChI=1S/C28H27F3N4O3/c1-4-17-34(27(37)33-22-14-8-6-12-20(22)28(29,30)31)18(2)25-32-21-13-7-5-11-19(21)26(36)35(25)23-15-9-10-16-24(23)38-3/h5-16,18H,4,17H2,1-3H3,(H,33,37). The Balaban J connectivity index is 1.85. The number of alkyl halides is 3. The van der Waals surface area contributed by atoms with Crippen LogP contribution in [0.2, 0.25) is 0 Å². The molecule has 198 valence electrons. The number of anilines is 1. The summed E-state index contributed by atoms with van der Waals surface area (Å²) in [5.74, 6) is 0.664. The number of carbonyl (C=O) groups is 1. The molecule has 38 heavy (non-hydrogen) atoms. The number of aromatic nitrogens is 2. The normalized spacial score (nSPS) is 12.3. The third-order valence-corrected chi connectivity index (χ3v) is 6.17. The fourth-order valence-corrected chi connectivity index (χ4v) is 4.36. The topological polar surface area (TPSA) is 76.5 Å². The molecule has 0 fully saturated rings. The van der Waals surface area contributed by atoms with Crippen molar-refractivity contribution in [2.24, 2.45) is 0 Å². The SMILES string of the molecule is CCCN(C(=O)Nc1ccccc1C(F)(F)F)C(C)c1nc2ccccc2c(=O)n1-c1ccccc1OC. The van der Waals surface area contributed by atoms with Gasteiger partial charge in [-0.3, -0.25) is 9.36 Å². The molecule has 0 saturated carbocycles. The van der Waals surface area contributed by atoms with Crippen molar-refractivity contribution in [3.05, 3.63) is 94.5 Å². The first-order chi connectivity index (χ1) is 18.2. The summed E-state index contributed by atoms with van der Waals surface area (Å²) in [6.07, 6.45) is -4.12. The van der Waals surface area contributed by atoms with Crippen LogP contribution >= 0.6 is 0 Å². The number of fused-ring (bicyclic) bond motifs is 1. The van der Waals surface area contributed by atoms with Gasteiger partial charge in [0, 0.05) is 6.54 Å². The van der Waals surface area contributed by atoms with Gasteiger partial charge in [0.1, 0.15) is 11.6 Å². The number of urea groups is 1. The van der Waals surface area contributed by atoms with Crippen LogP contribution in [0.1, 0.15) is 37.7 Å². The molecule has 1 N–H and O–H groups in total. The van der Waals surface area contributed by atoms with Gasteiger partial charge in [-0.25, -0.2) is 9.78 Å². The first-order valence-corrected chi connectivity index (χ1v) is 12.1. The Kier molecular flexibility index (Phi) is 7.70. The summed E-state index contributed by atoms with van der Waals surface area (Å²) in [4.78, 5) is 33.3. The summed E-state index contributed by atoms with van der Waals surface area (Å²) in [5, 5.41) is 2.79. The molecular formula is C28H27F3N4O3. The largest absolute Gasteiger partial charge is 0.495 e. The van der Waals surface area contributed by atoms with Crippen molar-refractivity contribution in [3.8, 4) is 11.4 Å². The van der Waals surface area contributed by atoms with E-state index in [0.717, 1.165) is 6.07 Å². The van der Waals surface area contributed by atoms with E-state index in [1.54, 1.807) is 55.5 Å². The maximum atomic E-state index is 13.7. The first kappa shape index (κ1) is 26.7. The van der Waals surface area contributed by atoms with Crippen LogP contribution in [0.3, 0.4) is 0 Å². The quantitative estimate of drug-likeness (QED) is 0.303. The molecule has 4 rings (SSSR count). The van der Waals surface area contributed by atoms with Crippen LogP contribution in [0.5, 0.6) is 5.75 Å². The minimum absolute atomic E-state index is 0.204. The van der Waals surface area contributed by atoms with Crippen LogP contribution in [-0.2, 0) is 6.18 Å². The predicted molar refractivity (Wildman–Crippen MR) is 140 cm³/mol. The van der Waals surface area contributed by atoms with Crippen LogP contribution in [0, 0.1) is 0 Å². The zero-order valence-corrected chi connectivity index (χ0v) is 21.1. The minimum Gasteiger partial charge on any atom is -0.495 e. The summed E-state index contributed by atoms with van der Waals surface area (Å²) in [6, 6.07) is 17.0. The molecule has 1 atom stereocenters. The number of hydrogen-bond donors (Lipinski definition) is 1. The molecular weight excluding hydrogens is 497 g/mol. The average Bonchev–Trinajstić information content (AvgIpc) is 2.91. The van der Waals surface area contributed by atoms with Gasteiger partial charge in [0.05, 0.1) is 41.0 Å². The summed E-state index contributed by atoms with van der Waals surface area (Å²) in [7, 11) is 1.48. The fourth-order valence-electron chi connectivity index (χ4n) is 4.36. The number of para-hydroxylation sites is 4. The maximum absolute atomic E-state index is 13.7. The van der Waals surface area contributed by atoms with E-state index in [9.17, 15) is 22.8 Å². The fraction of sp³-hybridized carbons (Fsp3) is 0.250. The van der Waals surface area contributed by atoms with Crippen molar-refractivity contribution in [3.63, 3.8) is 0 Å². The van der Waals surface area contributed by atoms with E-state index in [1.807, 2.05) is 6.92 Å². The molecule has 1 heterocycles. The zero-order valence-electron chi connectivity index (χ0n) is 21.1. The van der Waals surface area contributed by atoms with Crippen LogP contribution in [0.25, 0.3) is 16.6 Å². The van der Waals surface area contributed by atoms with Crippen molar-refractivity contribution < 1.29 is 22.7 Å². The number of benzene rings is 3. The highest BCUT2D eigenvalue weighted by atomic mass is 19.4. The van der Waals surface area contributed by atoms with E-state index in [2.05, 4.69) is 5.32 Å². The number of halogens is 3. The molecule has 0 saturated heterocycles. The Morgan fingerprint density at radius 1 is 1.05 bits per heavy atom. The molecule has 0 bridgehead atoms. The Hall–Kier alpha value is -4.34. The highest BCUT2D eigenvalue weighted by molar-refractivity contribution is 5.90. The van der Waals surface area contributed by atoms with Gasteiger partial charge in [-0.2, -0.15) is 13.2 Å². The molecule has 4 aromatic rings. The van der Waals surface area contributed by atoms with E-state index in [-0.39, 0.29) is 23.6 Å². The van der Waals surface area contributed by atoms with Crippen molar-refractivity contribution in [1.29, 1.82) is 0 Å². The van der Waals surface area contributed by atoms with E-state index in [1.165, 1.54) is 34.8 Å². The Labute approximate surface area is 217 Å². The smallest absolute Gasteiger partial charge is 0.418 e. The summed E-state index contributed by atoms with van der Waals surface area (Å²) < 4.78 is 47.5. The average molecular weight is 525 g/mol. The Morgan fingerprint density at radius 2 is 1.71 bits per heavy atom. The second-order valence-electron chi connectivity index (χ2n) is 8.64. The minimum atomic E-state index is -4.64. The molecule has 10 heteroatoms. The van der Waals surface area contributed by atoms with E-state index in [0.29, 0.717) is 28.8 Å². The Morgan fingerprint density at radius 3 is 2.42 bits per heavy atom. The van der Waals surface area contributed by atoms with Gasteiger partial charge in [0.2, 0.25) is 0 Å². The van der Waals surface area contributed by atoms with Crippen LogP contribution in [-0.4, -0.2) is 34.1 Å². The molecule has 0 aliphatic rings. The lowest BCUT2D eigenvalue weighted by atomic mass is 10.1. The summed E-state index contributed by atoms with van der Waals surface area (Å²) in [5.41, 5.74) is -0.801. The van der Waals surface area contributed by atoms with Gasteiger partial charge >= 0.3 is 12.2 Å². The van der Waals surface area contributed by atoms with Gasteiger partial charge in [-0.1, -0.05) is 43.3 Å². The van der Waals surface area contributed by atoms with Gasteiger partial charge in [0.15, 0.2) is 0 Å². The third kappa shape index (κ3) is 5.20. The number of hydrogen-bond acceptors (Lipinski definition) is 4. The third-order valence-electron chi connectivity index (χ3n) is 6.17. The summed E-state index contributed by atoms with van der Waals surface area (Å²) >= 11 is 0. The lowest BCUT2D eigenvalue weighted by molar-refractivity contribution is -0.136. The molecule has 1 unspecified atom stereocenters. The van der Waals surface area contributed by atoms with Crippen LogP contribution in [0.4, 0.5) is 23.7 Å². The number of nitrogens with zero attached hydrogens (tertiary/aromatic N) is 3. The lowest BCUT2D eigenvalue weighted by Gasteiger charge is -2.31. The van der Waals surface area contributed by atoms with Crippen LogP contribution < -0.4 is 15.6 Å². The van der Waals surface area contributed by atoms with Gasteiger partial charge < -0.3 is 15.0 Å². The van der Waals surface area contributed by atoms with Crippen molar-refractivity contribution in [2.75, 3.05) is 19.0 Å². The number of ether oxygens (including phenoxy) is 1. The lowest BCUT2D eigenvalue weighted by Crippen LogP contribution is -2.40. The van der Waals surface area contributed by atoms with Gasteiger partial charge in [-0.15, -0.1) is 0 Å². The first-order valence-electron chi connectivity index (χ1n) is 12.1. The molecule has 1 aromatic heterocycles. The van der Waals surface area contributed by atoms with Gasteiger partial charge in [0.25, 0.3) is 5.56 Å². The second-order valence-corrected chi connectivity index (χ2v) is 8.64. The number of nitrogens with one attached hydrogen (secondary N) is 1. The Bertz CT molecular complexity index is 1520. The van der Waals surface area contributed by atoms with E-state index < -0.39 is 23.8 Å². The van der Waals surface area contributed by atoms with Crippen LogP contribution in [0.15, 0.2) is 77.6 Å². The molecule has 0 aliphatic carbocycles.